The zero-order valence-electron chi connectivity index (χ0n) is 9.81. The lowest BCUT2D eigenvalue weighted by molar-refractivity contribution is -0.423. The molecule has 0 radical (unpaired) electrons. The highest BCUT2D eigenvalue weighted by atomic mass is 35.5. The van der Waals surface area contributed by atoms with Crippen LogP contribution in [0.25, 0.3) is 0 Å². The van der Waals surface area contributed by atoms with Gasteiger partial charge in [0.05, 0.1) is 9.85 Å². The van der Waals surface area contributed by atoms with Crippen LogP contribution in [0, 0.1) is 41.0 Å². The van der Waals surface area contributed by atoms with E-state index < -0.39 is 26.5 Å². The molecule has 0 bridgehead atoms. The zero-order chi connectivity index (χ0) is 14.2. The molecule has 1 rings (SSSR count). The Labute approximate surface area is 107 Å². The molecular formula is C10H9ClN2O5. The Morgan fingerprint density at radius 1 is 0.944 bits per heavy atom. The van der Waals surface area contributed by atoms with Gasteiger partial charge in [0, 0.05) is 16.7 Å². The molecule has 8 heteroatoms. The van der Waals surface area contributed by atoms with Crippen molar-refractivity contribution in [2.75, 3.05) is 0 Å². The molecule has 1 aromatic carbocycles. The van der Waals surface area contributed by atoms with Gasteiger partial charge in [-0.3, -0.25) is 25.0 Å². The van der Waals surface area contributed by atoms with Gasteiger partial charge in [-0.2, -0.15) is 0 Å². The van der Waals surface area contributed by atoms with Crippen LogP contribution in [0.1, 0.15) is 27.0 Å². The molecule has 0 aliphatic heterocycles. The normalized spacial score (nSPS) is 10.2. The van der Waals surface area contributed by atoms with Crippen LogP contribution in [0.3, 0.4) is 0 Å². The van der Waals surface area contributed by atoms with Crippen molar-refractivity contribution in [2.24, 2.45) is 0 Å². The minimum Gasteiger partial charge on any atom is -0.276 e. The SMILES string of the molecule is Cc1c(C)c([N+](=O)[O-])c([N+](=O)[O-])c(C)c1C(=O)Cl. The maximum atomic E-state index is 11.3. The van der Waals surface area contributed by atoms with E-state index in [1.165, 1.54) is 20.8 Å². The first-order valence-electron chi connectivity index (χ1n) is 4.82. The van der Waals surface area contributed by atoms with Gasteiger partial charge in [0.15, 0.2) is 0 Å². The third kappa shape index (κ3) is 2.04. The van der Waals surface area contributed by atoms with Crippen molar-refractivity contribution >= 4 is 28.2 Å². The highest BCUT2D eigenvalue weighted by Crippen LogP contribution is 2.38. The fraction of sp³-hybridized carbons (Fsp3) is 0.300. The molecule has 0 aliphatic carbocycles. The van der Waals surface area contributed by atoms with Crippen molar-refractivity contribution < 1.29 is 14.6 Å². The van der Waals surface area contributed by atoms with Crippen LogP contribution in [0.2, 0.25) is 0 Å². The summed E-state index contributed by atoms with van der Waals surface area (Å²) in [5, 5.41) is 21.0. The van der Waals surface area contributed by atoms with Crippen LogP contribution >= 0.6 is 11.6 Å². The number of hydrogen-bond acceptors (Lipinski definition) is 5. The average Bonchev–Trinajstić information content (AvgIpc) is 2.21. The molecule has 0 atom stereocenters. The van der Waals surface area contributed by atoms with Crippen LogP contribution in [-0.2, 0) is 0 Å². The van der Waals surface area contributed by atoms with Gasteiger partial charge < -0.3 is 0 Å². The molecule has 0 spiro atoms. The van der Waals surface area contributed by atoms with Crippen molar-refractivity contribution in [3.05, 3.63) is 42.5 Å². The summed E-state index contributed by atoms with van der Waals surface area (Å²) in [5.74, 6) is 0. The fourth-order valence-corrected chi connectivity index (χ4v) is 2.15. The summed E-state index contributed by atoms with van der Waals surface area (Å²) in [5.41, 5.74) is -1.07. The Bertz CT molecular complexity index is 582. The third-order valence-corrected chi connectivity index (χ3v) is 3.00. The summed E-state index contributed by atoms with van der Waals surface area (Å²) in [6, 6.07) is 0. The molecule has 7 nitrogen and oxygen atoms in total. The lowest BCUT2D eigenvalue weighted by atomic mass is 9.95. The van der Waals surface area contributed by atoms with Crippen molar-refractivity contribution in [1.82, 2.24) is 0 Å². The van der Waals surface area contributed by atoms with E-state index >= 15 is 0 Å². The molecule has 0 heterocycles. The second-order valence-electron chi connectivity index (χ2n) is 3.74. The standard InChI is InChI=1S/C10H9ClN2O5/c1-4-5(2)8(12(15)16)9(13(17)18)6(3)7(4)10(11)14/h1-3H3. The van der Waals surface area contributed by atoms with Crippen LogP contribution in [-0.4, -0.2) is 15.1 Å². The predicted octanol–water partition coefficient (Wildman–Crippen LogP) is 2.81. The summed E-state index contributed by atoms with van der Waals surface area (Å²) in [6.45, 7) is 4.09. The number of nitrogens with zero attached hydrogens (tertiary/aromatic N) is 2. The van der Waals surface area contributed by atoms with Gasteiger partial charge in [0.2, 0.25) is 0 Å². The maximum Gasteiger partial charge on any atom is 0.349 e. The molecule has 0 N–H and O–H groups in total. The summed E-state index contributed by atoms with van der Waals surface area (Å²) >= 11 is 5.36. The number of nitro benzene ring substituents is 2. The van der Waals surface area contributed by atoms with Gasteiger partial charge in [0.25, 0.3) is 5.24 Å². The number of halogens is 1. The van der Waals surface area contributed by atoms with E-state index in [-0.39, 0.29) is 22.3 Å². The van der Waals surface area contributed by atoms with E-state index in [0.29, 0.717) is 0 Å². The molecular weight excluding hydrogens is 264 g/mol. The van der Waals surface area contributed by atoms with E-state index in [4.69, 9.17) is 11.6 Å². The Kier molecular flexibility index (Phi) is 3.66. The number of carbonyl (C=O) groups is 1. The lowest BCUT2D eigenvalue weighted by Gasteiger charge is -2.10. The van der Waals surface area contributed by atoms with E-state index in [2.05, 4.69) is 0 Å². The maximum absolute atomic E-state index is 11.3. The van der Waals surface area contributed by atoms with Crippen LogP contribution in [0.4, 0.5) is 11.4 Å². The summed E-state index contributed by atoms with van der Waals surface area (Å²) in [4.78, 5) is 31.4. The molecule has 0 saturated heterocycles. The van der Waals surface area contributed by atoms with Crippen LogP contribution in [0.15, 0.2) is 0 Å². The number of benzene rings is 1. The summed E-state index contributed by atoms with van der Waals surface area (Å²) < 4.78 is 0. The minimum atomic E-state index is -0.872. The number of carbonyl (C=O) groups excluding carboxylic acids is 1. The largest absolute Gasteiger partial charge is 0.349 e. The van der Waals surface area contributed by atoms with E-state index in [1.54, 1.807) is 0 Å². The Morgan fingerprint density at radius 3 is 1.67 bits per heavy atom. The number of nitro groups is 2. The molecule has 1 aromatic rings. The summed E-state index contributed by atoms with van der Waals surface area (Å²) in [6.07, 6.45) is 0. The van der Waals surface area contributed by atoms with Gasteiger partial charge in [-0.25, -0.2) is 0 Å². The van der Waals surface area contributed by atoms with Crippen molar-refractivity contribution in [2.45, 2.75) is 20.8 Å². The highest BCUT2D eigenvalue weighted by molar-refractivity contribution is 6.68. The Morgan fingerprint density at radius 2 is 1.33 bits per heavy atom. The van der Waals surface area contributed by atoms with E-state index in [0.717, 1.165) is 0 Å². The van der Waals surface area contributed by atoms with Crippen LogP contribution in [0.5, 0.6) is 0 Å². The van der Waals surface area contributed by atoms with Crippen LogP contribution < -0.4 is 0 Å². The predicted molar refractivity (Wildman–Crippen MR) is 64.1 cm³/mol. The first-order valence-corrected chi connectivity index (χ1v) is 5.20. The number of rotatable bonds is 3. The van der Waals surface area contributed by atoms with Crippen molar-refractivity contribution in [3.63, 3.8) is 0 Å². The van der Waals surface area contributed by atoms with Crippen molar-refractivity contribution in [1.29, 1.82) is 0 Å². The smallest absolute Gasteiger partial charge is 0.276 e. The van der Waals surface area contributed by atoms with E-state index in [1.807, 2.05) is 0 Å². The third-order valence-electron chi connectivity index (χ3n) is 2.81. The second-order valence-corrected chi connectivity index (χ2v) is 4.08. The van der Waals surface area contributed by atoms with Gasteiger partial charge in [0.1, 0.15) is 0 Å². The average molecular weight is 273 g/mol. The highest BCUT2D eigenvalue weighted by Gasteiger charge is 2.34. The van der Waals surface area contributed by atoms with Crippen molar-refractivity contribution in [3.8, 4) is 0 Å². The lowest BCUT2D eigenvalue weighted by Crippen LogP contribution is -2.08. The number of hydrogen-bond donors (Lipinski definition) is 0. The Hall–Kier alpha value is -2.02. The second kappa shape index (κ2) is 4.69. The molecule has 0 fully saturated rings. The molecule has 0 amide bonds. The minimum absolute atomic E-state index is 0.0496. The quantitative estimate of drug-likeness (QED) is 0.478. The Balaban J connectivity index is 3.94. The van der Waals surface area contributed by atoms with Gasteiger partial charge in [-0.15, -0.1) is 0 Å². The molecule has 18 heavy (non-hydrogen) atoms. The molecule has 0 saturated carbocycles. The summed E-state index contributed by atoms with van der Waals surface area (Å²) in [7, 11) is 0. The van der Waals surface area contributed by atoms with E-state index in [9.17, 15) is 25.0 Å². The first kappa shape index (κ1) is 14.0. The topological polar surface area (TPSA) is 103 Å². The van der Waals surface area contributed by atoms with Gasteiger partial charge in [-0.1, -0.05) is 0 Å². The first-order chi connectivity index (χ1) is 8.20. The zero-order valence-corrected chi connectivity index (χ0v) is 10.6. The van der Waals surface area contributed by atoms with Gasteiger partial charge in [-0.05, 0) is 37.9 Å². The molecule has 0 aromatic heterocycles. The fourth-order valence-electron chi connectivity index (χ4n) is 1.86. The van der Waals surface area contributed by atoms with Gasteiger partial charge >= 0.3 is 11.4 Å². The molecule has 96 valence electrons. The molecule has 0 unspecified atom stereocenters. The monoisotopic (exact) mass is 272 g/mol. The molecule has 0 aliphatic rings.